The molecule has 2 nitrogen and oxygen atoms in total. The summed E-state index contributed by atoms with van der Waals surface area (Å²) in [5, 5.41) is -0.549. The maximum absolute atomic E-state index is 13.3. The van der Waals surface area contributed by atoms with Crippen LogP contribution < -0.4 is 0 Å². The van der Waals surface area contributed by atoms with E-state index in [0.717, 1.165) is 12.5 Å². The van der Waals surface area contributed by atoms with E-state index in [1.54, 1.807) is 11.0 Å². The summed E-state index contributed by atoms with van der Waals surface area (Å²) in [6.45, 7) is 8.92. The lowest BCUT2D eigenvalue weighted by Crippen LogP contribution is -2.32. The Hall–Kier alpha value is -1.17. The second kappa shape index (κ2) is 7.60. The Morgan fingerprint density at radius 1 is 1.28 bits per heavy atom. The molecule has 1 amide bonds. The molecular weight excluding hydrogens is 347 g/mol. The maximum atomic E-state index is 13.3. The third kappa shape index (κ3) is 5.40. The zero-order chi connectivity index (χ0) is 18.8. The van der Waals surface area contributed by atoms with Gasteiger partial charge in [0.05, 0.1) is 5.56 Å². The van der Waals surface area contributed by atoms with Crippen molar-refractivity contribution >= 4 is 17.7 Å². The van der Waals surface area contributed by atoms with Crippen LogP contribution in [0.25, 0.3) is 0 Å². The van der Waals surface area contributed by atoms with Gasteiger partial charge in [0, 0.05) is 18.7 Å². The summed E-state index contributed by atoms with van der Waals surface area (Å²) in [7, 11) is 0. The Labute approximate surface area is 152 Å². The van der Waals surface area contributed by atoms with E-state index in [2.05, 4.69) is 20.8 Å². The molecule has 0 aromatic heterocycles. The molecule has 1 aliphatic heterocycles. The standard InChI is InChI=1S/C19H26F3NOS/c1-13(12-18(2,3)4)11-16(24)23-9-10-25-17(23)14-7-5-6-8-15(14)19(20,21)22/h5-8,13,17H,9-12H2,1-4H3/t13-,17+/m0/s1. The van der Waals surface area contributed by atoms with Crippen LogP contribution in [0.3, 0.4) is 0 Å². The third-order valence-corrected chi connectivity index (χ3v) is 5.47. The molecule has 0 saturated carbocycles. The second-order valence-corrected chi connectivity index (χ2v) is 9.16. The van der Waals surface area contributed by atoms with Gasteiger partial charge in [0.15, 0.2) is 0 Å². The summed E-state index contributed by atoms with van der Waals surface area (Å²) in [5.41, 5.74) is -0.328. The largest absolute Gasteiger partial charge is 0.416 e. The van der Waals surface area contributed by atoms with Crippen LogP contribution in [0.15, 0.2) is 24.3 Å². The molecule has 0 N–H and O–H groups in total. The molecule has 2 rings (SSSR count). The minimum absolute atomic E-state index is 0.0521. The molecular formula is C19H26F3NOS. The topological polar surface area (TPSA) is 20.3 Å². The fraction of sp³-hybridized carbons (Fsp3) is 0.632. The van der Waals surface area contributed by atoms with Gasteiger partial charge in [-0.1, -0.05) is 45.9 Å². The van der Waals surface area contributed by atoms with E-state index in [9.17, 15) is 18.0 Å². The fourth-order valence-corrected chi connectivity index (χ4v) is 4.80. The fourth-order valence-electron chi connectivity index (χ4n) is 3.49. The first kappa shape index (κ1) is 20.1. The van der Waals surface area contributed by atoms with Gasteiger partial charge in [-0.05, 0) is 29.4 Å². The van der Waals surface area contributed by atoms with E-state index in [0.29, 0.717) is 18.7 Å². The van der Waals surface area contributed by atoms with Gasteiger partial charge in [-0.15, -0.1) is 11.8 Å². The molecule has 1 aromatic carbocycles. The highest BCUT2D eigenvalue weighted by atomic mass is 32.2. The number of benzene rings is 1. The van der Waals surface area contributed by atoms with Crippen molar-refractivity contribution in [2.45, 2.75) is 52.1 Å². The van der Waals surface area contributed by atoms with Crippen LogP contribution >= 0.6 is 11.8 Å². The zero-order valence-corrected chi connectivity index (χ0v) is 16.0. The maximum Gasteiger partial charge on any atom is 0.416 e. The number of alkyl halides is 3. The van der Waals surface area contributed by atoms with E-state index in [1.807, 2.05) is 6.92 Å². The molecule has 1 fully saturated rings. The molecule has 2 atom stereocenters. The van der Waals surface area contributed by atoms with Crippen LogP contribution in [0.2, 0.25) is 0 Å². The number of nitrogens with zero attached hydrogens (tertiary/aromatic N) is 1. The number of rotatable bonds is 4. The van der Waals surface area contributed by atoms with Crippen molar-refractivity contribution in [2.24, 2.45) is 11.3 Å². The molecule has 1 aliphatic rings. The summed E-state index contributed by atoms with van der Waals surface area (Å²) < 4.78 is 39.9. The summed E-state index contributed by atoms with van der Waals surface area (Å²) in [4.78, 5) is 14.3. The Balaban J connectivity index is 2.17. The van der Waals surface area contributed by atoms with Crippen LogP contribution in [0.1, 0.15) is 57.0 Å². The van der Waals surface area contributed by atoms with Crippen LogP contribution in [0, 0.1) is 11.3 Å². The number of hydrogen-bond acceptors (Lipinski definition) is 2. The SMILES string of the molecule is C[C@@H](CC(=O)N1CCS[C@@H]1c1ccccc1C(F)(F)F)CC(C)(C)C. The van der Waals surface area contributed by atoms with E-state index < -0.39 is 17.1 Å². The molecule has 0 spiro atoms. The van der Waals surface area contributed by atoms with E-state index in [1.165, 1.54) is 23.9 Å². The van der Waals surface area contributed by atoms with Gasteiger partial charge in [0.2, 0.25) is 5.91 Å². The molecule has 1 heterocycles. The van der Waals surface area contributed by atoms with Crippen molar-refractivity contribution in [1.82, 2.24) is 4.90 Å². The zero-order valence-electron chi connectivity index (χ0n) is 15.2. The average molecular weight is 373 g/mol. The quantitative estimate of drug-likeness (QED) is 0.670. The average Bonchev–Trinajstić information content (AvgIpc) is 2.93. The van der Waals surface area contributed by atoms with Gasteiger partial charge in [0.25, 0.3) is 0 Å². The number of carbonyl (C=O) groups excluding carboxylic acids is 1. The van der Waals surface area contributed by atoms with Crippen LogP contribution in [-0.2, 0) is 11.0 Å². The monoisotopic (exact) mass is 373 g/mol. The lowest BCUT2D eigenvalue weighted by molar-refractivity contribution is -0.140. The number of amides is 1. The van der Waals surface area contributed by atoms with Gasteiger partial charge < -0.3 is 4.90 Å². The van der Waals surface area contributed by atoms with Crippen LogP contribution in [-0.4, -0.2) is 23.1 Å². The molecule has 6 heteroatoms. The van der Waals surface area contributed by atoms with Crippen molar-refractivity contribution in [3.05, 3.63) is 35.4 Å². The van der Waals surface area contributed by atoms with Crippen molar-refractivity contribution < 1.29 is 18.0 Å². The van der Waals surface area contributed by atoms with Gasteiger partial charge in [0.1, 0.15) is 5.37 Å². The predicted octanol–water partition coefficient (Wildman–Crippen LogP) is 5.74. The summed E-state index contributed by atoms with van der Waals surface area (Å²) >= 11 is 1.41. The normalized spacial score (nSPS) is 20.0. The second-order valence-electron chi connectivity index (χ2n) is 7.97. The first-order valence-electron chi connectivity index (χ1n) is 8.56. The number of hydrogen-bond donors (Lipinski definition) is 0. The smallest absolute Gasteiger partial charge is 0.326 e. The van der Waals surface area contributed by atoms with E-state index in [-0.39, 0.29) is 22.8 Å². The highest BCUT2D eigenvalue weighted by molar-refractivity contribution is 7.99. The molecule has 25 heavy (non-hydrogen) atoms. The first-order chi connectivity index (χ1) is 11.5. The summed E-state index contributed by atoms with van der Waals surface area (Å²) in [6.07, 6.45) is -3.12. The molecule has 0 aliphatic carbocycles. The van der Waals surface area contributed by atoms with Gasteiger partial charge in [-0.3, -0.25) is 4.79 Å². The Morgan fingerprint density at radius 3 is 2.52 bits per heavy atom. The van der Waals surface area contributed by atoms with E-state index >= 15 is 0 Å². The molecule has 0 radical (unpaired) electrons. The minimum atomic E-state index is -4.41. The third-order valence-electron chi connectivity index (χ3n) is 4.23. The highest BCUT2D eigenvalue weighted by Crippen LogP contribution is 2.44. The van der Waals surface area contributed by atoms with E-state index in [4.69, 9.17) is 0 Å². The lowest BCUT2D eigenvalue weighted by atomic mass is 9.84. The Morgan fingerprint density at radius 2 is 1.92 bits per heavy atom. The summed E-state index contributed by atoms with van der Waals surface area (Å²) in [6, 6.07) is 5.58. The van der Waals surface area contributed by atoms with Crippen LogP contribution in [0.4, 0.5) is 13.2 Å². The molecule has 1 saturated heterocycles. The molecule has 140 valence electrons. The van der Waals surface area contributed by atoms with Crippen molar-refractivity contribution in [3.8, 4) is 0 Å². The van der Waals surface area contributed by atoms with Crippen LogP contribution in [0.5, 0.6) is 0 Å². The first-order valence-corrected chi connectivity index (χ1v) is 9.61. The highest BCUT2D eigenvalue weighted by Gasteiger charge is 2.39. The van der Waals surface area contributed by atoms with Gasteiger partial charge >= 0.3 is 6.18 Å². The van der Waals surface area contributed by atoms with Gasteiger partial charge in [-0.2, -0.15) is 13.2 Å². The summed E-state index contributed by atoms with van der Waals surface area (Å²) in [5.74, 6) is 0.816. The minimum Gasteiger partial charge on any atom is -0.326 e. The number of carbonyl (C=O) groups is 1. The molecule has 1 aromatic rings. The van der Waals surface area contributed by atoms with Gasteiger partial charge in [-0.25, -0.2) is 0 Å². The van der Waals surface area contributed by atoms with Crippen molar-refractivity contribution in [3.63, 3.8) is 0 Å². The number of thioether (sulfide) groups is 1. The lowest BCUT2D eigenvalue weighted by Gasteiger charge is -2.29. The van der Waals surface area contributed by atoms with Crippen molar-refractivity contribution in [1.29, 1.82) is 0 Å². The molecule has 0 bridgehead atoms. The molecule has 0 unspecified atom stereocenters. The Kier molecular flexibility index (Phi) is 6.13. The predicted molar refractivity (Wildman–Crippen MR) is 96.2 cm³/mol. The Bertz CT molecular complexity index is 609. The van der Waals surface area contributed by atoms with Crippen molar-refractivity contribution in [2.75, 3.05) is 12.3 Å². The number of halogens is 3.